The molecule has 0 unspecified atom stereocenters. The van der Waals surface area contributed by atoms with Crippen LogP contribution in [0.5, 0.6) is 0 Å². The molecule has 2 heteroatoms. The van der Waals surface area contributed by atoms with Crippen LogP contribution in [0.1, 0.15) is 75.3 Å². The van der Waals surface area contributed by atoms with Crippen LogP contribution in [0.15, 0.2) is 60.9 Å². The average molecular weight is 385 g/mol. The first-order valence-electron chi connectivity index (χ1n) is 11.3. The maximum absolute atomic E-state index is 4.64. The van der Waals surface area contributed by atoms with Gasteiger partial charge in [-0.25, -0.2) is 9.97 Å². The molecular formula is C27H32N2. The van der Waals surface area contributed by atoms with Gasteiger partial charge in [0.1, 0.15) is 0 Å². The molecule has 0 aliphatic heterocycles. The number of rotatable bonds is 8. The van der Waals surface area contributed by atoms with Crippen molar-refractivity contribution in [3.05, 3.63) is 72.1 Å². The minimum absolute atomic E-state index is 0.668. The van der Waals surface area contributed by atoms with Crippen LogP contribution in [-0.2, 0) is 6.42 Å². The van der Waals surface area contributed by atoms with Crippen molar-refractivity contribution in [2.24, 2.45) is 0 Å². The van der Waals surface area contributed by atoms with E-state index in [-0.39, 0.29) is 0 Å². The molecule has 0 saturated heterocycles. The van der Waals surface area contributed by atoms with Crippen molar-refractivity contribution in [1.29, 1.82) is 0 Å². The number of aryl methyl sites for hydroxylation is 1. The summed E-state index contributed by atoms with van der Waals surface area (Å²) in [5.74, 6) is 1.49. The summed E-state index contributed by atoms with van der Waals surface area (Å²) in [6.45, 7) is 2.26. The molecule has 29 heavy (non-hydrogen) atoms. The van der Waals surface area contributed by atoms with E-state index in [0.717, 1.165) is 11.4 Å². The third kappa shape index (κ3) is 5.12. The number of benzene rings is 2. The standard InChI is InChI=1S/C27H32N2/c1-2-3-4-5-8-21-11-13-23(14-12-21)24-15-17-25(18-16-24)27-28-19-26(20-29-27)22-9-6-7-10-22/h11-20,22H,2-10H2,1H3. The van der Waals surface area contributed by atoms with Gasteiger partial charge in [-0.2, -0.15) is 0 Å². The van der Waals surface area contributed by atoms with Gasteiger partial charge in [0.15, 0.2) is 5.82 Å². The molecule has 2 nitrogen and oxygen atoms in total. The predicted octanol–water partition coefficient (Wildman–Crippen LogP) is 7.59. The zero-order chi connectivity index (χ0) is 19.9. The largest absolute Gasteiger partial charge is 0.236 e. The molecule has 150 valence electrons. The van der Waals surface area contributed by atoms with Crippen molar-refractivity contribution in [1.82, 2.24) is 9.97 Å². The van der Waals surface area contributed by atoms with Crippen molar-refractivity contribution in [2.75, 3.05) is 0 Å². The highest BCUT2D eigenvalue weighted by atomic mass is 14.9. The first kappa shape index (κ1) is 19.8. The van der Waals surface area contributed by atoms with Gasteiger partial charge in [-0.05, 0) is 53.9 Å². The third-order valence-corrected chi connectivity index (χ3v) is 6.25. The zero-order valence-corrected chi connectivity index (χ0v) is 17.6. The minimum atomic E-state index is 0.668. The number of hydrogen-bond acceptors (Lipinski definition) is 2. The molecule has 0 spiro atoms. The van der Waals surface area contributed by atoms with Gasteiger partial charge < -0.3 is 0 Å². The normalized spacial score (nSPS) is 14.4. The summed E-state index contributed by atoms with van der Waals surface area (Å²) in [6.07, 6.45) is 15.8. The van der Waals surface area contributed by atoms with Crippen LogP contribution in [0.3, 0.4) is 0 Å². The molecule has 0 N–H and O–H groups in total. The Labute approximate surface area is 175 Å². The Morgan fingerprint density at radius 2 is 1.31 bits per heavy atom. The number of aromatic nitrogens is 2. The third-order valence-electron chi connectivity index (χ3n) is 6.25. The van der Waals surface area contributed by atoms with E-state index in [4.69, 9.17) is 0 Å². The Morgan fingerprint density at radius 3 is 1.93 bits per heavy atom. The lowest BCUT2D eigenvalue weighted by Gasteiger charge is -2.09. The SMILES string of the molecule is CCCCCCc1ccc(-c2ccc(-c3ncc(C4CCCC4)cn3)cc2)cc1. The average Bonchev–Trinajstić information content (AvgIpc) is 3.33. The van der Waals surface area contributed by atoms with Gasteiger partial charge in [-0.1, -0.05) is 87.6 Å². The fourth-order valence-electron chi connectivity index (χ4n) is 4.39. The Hall–Kier alpha value is -2.48. The van der Waals surface area contributed by atoms with E-state index < -0.39 is 0 Å². The molecule has 1 aromatic heterocycles. The van der Waals surface area contributed by atoms with Crippen LogP contribution < -0.4 is 0 Å². The minimum Gasteiger partial charge on any atom is -0.236 e. The number of unbranched alkanes of at least 4 members (excludes halogenated alkanes) is 3. The van der Waals surface area contributed by atoms with E-state index in [0.29, 0.717) is 5.92 Å². The van der Waals surface area contributed by atoms with E-state index in [1.807, 2.05) is 12.4 Å². The predicted molar refractivity (Wildman–Crippen MR) is 122 cm³/mol. The summed E-state index contributed by atoms with van der Waals surface area (Å²) in [7, 11) is 0. The lowest BCUT2D eigenvalue weighted by molar-refractivity contribution is 0.667. The van der Waals surface area contributed by atoms with Crippen molar-refractivity contribution in [3.63, 3.8) is 0 Å². The van der Waals surface area contributed by atoms with E-state index >= 15 is 0 Å². The van der Waals surface area contributed by atoms with Gasteiger partial charge in [-0.3, -0.25) is 0 Å². The Balaban J connectivity index is 1.39. The zero-order valence-electron chi connectivity index (χ0n) is 17.6. The van der Waals surface area contributed by atoms with E-state index in [1.165, 1.54) is 80.0 Å². The van der Waals surface area contributed by atoms with E-state index in [9.17, 15) is 0 Å². The second kappa shape index (κ2) is 9.82. The summed E-state index contributed by atoms with van der Waals surface area (Å²) < 4.78 is 0. The Bertz CT molecular complexity index is 873. The van der Waals surface area contributed by atoms with Gasteiger partial charge >= 0.3 is 0 Å². The Morgan fingerprint density at radius 1 is 0.724 bits per heavy atom. The molecule has 3 aromatic rings. The lowest BCUT2D eigenvalue weighted by Crippen LogP contribution is -1.96. The molecule has 0 atom stereocenters. The molecule has 1 aliphatic rings. The van der Waals surface area contributed by atoms with Crippen molar-refractivity contribution >= 4 is 0 Å². The summed E-state index contributed by atoms with van der Waals surface area (Å²) in [4.78, 5) is 9.28. The van der Waals surface area contributed by atoms with E-state index in [2.05, 4.69) is 65.4 Å². The molecule has 0 bridgehead atoms. The lowest BCUT2D eigenvalue weighted by atomic mass is 10.00. The molecule has 1 aliphatic carbocycles. The molecule has 0 radical (unpaired) electrons. The smallest absolute Gasteiger partial charge is 0.159 e. The number of nitrogens with zero attached hydrogens (tertiary/aromatic N) is 2. The summed E-state index contributed by atoms with van der Waals surface area (Å²) >= 11 is 0. The van der Waals surface area contributed by atoms with Crippen molar-refractivity contribution in [2.45, 2.75) is 70.6 Å². The monoisotopic (exact) mass is 384 g/mol. The highest BCUT2D eigenvalue weighted by Gasteiger charge is 2.17. The highest BCUT2D eigenvalue weighted by molar-refractivity contribution is 5.67. The van der Waals surface area contributed by atoms with Crippen LogP contribution in [0.2, 0.25) is 0 Å². The van der Waals surface area contributed by atoms with E-state index in [1.54, 1.807) is 0 Å². The van der Waals surface area contributed by atoms with Crippen LogP contribution in [0.4, 0.5) is 0 Å². The van der Waals surface area contributed by atoms with Gasteiger partial charge in [0.2, 0.25) is 0 Å². The maximum atomic E-state index is 4.64. The quantitative estimate of drug-likeness (QED) is 0.374. The molecule has 2 aromatic carbocycles. The van der Waals surface area contributed by atoms with Crippen LogP contribution >= 0.6 is 0 Å². The molecule has 1 saturated carbocycles. The Kier molecular flexibility index (Phi) is 6.71. The van der Waals surface area contributed by atoms with Crippen LogP contribution in [0, 0.1) is 0 Å². The fraction of sp³-hybridized carbons (Fsp3) is 0.407. The van der Waals surface area contributed by atoms with Gasteiger partial charge in [0, 0.05) is 18.0 Å². The molecule has 1 fully saturated rings. The highest BCUT2D eigenvalue weighted by Crippen LogP contribution is 2.33. The molecular weight excluding hydrogens is 352 g/mol. The molecule has 4 rings (SSSR count). The maximum Gasteiger partial charge on any atom is 0.159 e. The number of hydrogen-bond donors (Lipinski definition) is 0. The summed E-state index contributed by atoms with van der Waals surface area (Å²) in [5, 5.41) is 0. The van der Waals surface area contributed by atoms with Crippen LogP contribution in [-0.4, -0.2) is 9.97 Å². The fourth-order valence-corrected chi connectivity index (χ4v) is 4.39. The van der Waals surface area contributed by atoms with Crippen molar-refractivity contribution in [3.8, 4) is 22.5 Å². The van der Waals surface area contributed by atoms with Crippen LogP contribution in [0.25, 0.3) is 22.5 Å². The summed E-state index contributed by atoms with van der Waals surface area (Å²) in [6, 6.07) is 17.7. The molecule has 1 heterocycles. The summed E-state index contributed by atoms with van der Waals surface area (Å²) in [5.41, 5.74) is 6.34. The van der Waals surface area contributed by atoms with Gasteiger partial charge in [0.25, 0.3) is 0 Å². The topological polar surface area (TPSA) is 25.8 Å². The molecule has 0 amide bonds. The van der Waals surface area contributed by atoms with Gasteiger partial charge in [0.05, 0.1) is 0 Å². The van der Waals surface area contributed by atoms with Gasteiger partial charge in [-0.15, -0.1) is 0 Å². The first-order valence-corrected chi connectivity index (χ1v) is 11.3. The first-order chi connectivity index (χ1) is 14.3. The second-order valence-corrected chi connectivity index (χ2v) is 8.41. The second-order valence-electron chi connectivity index (χ2n) is 8.41. The van der Waals surface area contributed by atoms with Crippen molar-refractivity contribution < 1.29 is 0 Å².